The molecule has 2 heteroatoms. The zero-order valence-electron chi connectivity index (χ0n) is 20.4. The Labute approximate surface area is 172 Å². The standard InChI is InChI=1S/C26H27NO/c1-17-16-27-23(15-22(17)18-11-13-26(2,3)14-12-18)21-9-6-8-20-19-7-4-5-10-24(19)28-25(20)21/h4-10,15-16,18H,11-14H2,1-3H3/i1D3,18D. The highest BCUT2D eigenvalue weighted by Gasteiger charge is 2.28. The lowest BCUT2D eigenvalue weighted by atomic mass is 9.71. The summed E-state index contributed by atoms with van der Waals surface area (Å²) in [5.74, 6) is -0.932. The number of fused-ring (bicyclic) bond motifs is 3. The van der Waals surface area contributed by atoms with Gasteiger partial charge in [0, 0.05) is 28.0 Å². The average molecular weight is 374 g/mol. The molecule has 1 saturated carbocycles. The van der Waals surface area contributed by atoms with E-state index >= 15 is 0 Å². The number of hydrogen-bond acceptors (Lipinski definition) is 2. The van der Waals surface area contributed by atoms with E-state index in [-0.39, 0.29) is 11.0 Å². The molecule has 2 aromatic heterocycles. The molecular weight excluding hydrogens is 342 g/mol. The van der Waals surface area contributed by atoms with Crippen LogP contribution in [0.15, 0.2) is 59.1 Å². The van der Waals surface area contributed by atoms with Crippen LogP contribution < -0.4 is 0 Å². The molecule has 0 unspecified atom stereocenters. The Hall–Kier alpha value is -2.61. The lowest BCUT2D eigenvalue weighted by Crippen LogP contribution is -2.20. The third kappa shape index (κ3) is 2.92. The molecule has 2 aromatic carbocycles. The third-order valence-electron chi connectivity index (χ3n) is 6.17. The zero-order valence-corrected chi connectivity index (χ0v) is 16.4. The van der Waals surface area contributed by atoms with Crippen molar-refractivity contribution in [2.24, 2.45) is 5.41 Å². The second kappa shape index (κ2) is 6.48. The normalized spacial score (nSPS) is 21.1. The SMILES string of the molecule is [2H]C([2H])([2H])c1cnc(-c2cccc3c2oc2ccccc23)cc1C1([2H])CCC(C)(C)CC1. The van der Waals surface area contributed by atoms with Crippen molar-refractivity contribution < 1.29 is 9.90 Å². The summed E-state index contributed by atoms with van der Waals surface area (Å²) in [5.41, 5.74) is 3.95. The van der Waals surface area contributed by atoms with E-state index in [0.717, 1.165) is 40.3 Å². The Morgan fingerprint density at radius 2 is 1.86 bits per heavy atom. The lowest BCUT2D eigenvalue weighted by Gasteiger charge is -2.35. The van der Waals surface area contributed by atoms with Gasteiger partial charge in [-0.15, -0.1) is 0 Å². The fourth-order valence-electron chi connectivity index (χ4n) is 4.34. The maximum absolute atomic E-state index is 9.27. The highest BCUT2D eigenvalue weighted by Crippen LogP contribution is 2.44. The van der Waals surface area contributed by atoms with Crippen molar-refractivity contribution in [3.05, 3.63) is 65.9 Å². The first-order valence-corrected chi connectivity index (χ1v) is 9.99. The first-order chi connectivity index (χ1) is 15.1. The van der Waals surface area contributed by atoms with Gasteiger partial charge >= 0.3 is 0 Å². The molecule has 1 aliphatic carbocycles. The Bertz CT molecular complexity index is 1310. The molecular formula is C26H27NO. The minimum atomic E-state index is -2.31. The molecule has 5 rings (SSSR count). The molecule has 2 heterocycles. The fourth-order valence-corrected chi connectivity index (χ4v) is 4.34. The smallest absolute Gasteiger partial charge is 0.144 e. The van der Waals surface area contributed by atoms with E-state index in [1.165, 1.54) is 6.20 Å². The third-order valence-corrected chi connectivity index (χ3v) is 6.17. The minimum Gasteiger partial charge on any atom is -0.455 e. The van der Waals surface area contributed by atoms with Crippen LogP contribution in [0.2, 0.25) is 0 Å². The van der Waals surface area contributed by atoms with Crippen molar-refractivity contribution in [3.8, 4) is 11.3 Å². The van der Waals surface area contributed by atoms with Gasteiger partial charge in [0.05, 0.1) is 5.69 Å². The van der Waals surface area contributed by atoms with E-state index in [2.05, 4.69) is 18.8 Å². The first-order valence-electron chi connectivity index (χ1n) is 12.0. The summed E-state index contributed by atoms with van der Waals surface area (Å²) < 4.78 is 39.6. The number of aromatic nitrogens is 1. The fraction of sp³-hybridized carbons (Fsp3) is 0.346. The summed E-state index contributed by atoms with van der Waals surface area (Å²) in [7, 11) is 0. The molecule has 28 heavy (non-hydrogen) atoms. The van der Waals surface area contributed by atoms with Crippen LogP contribution in [0.25, 0.3) is 33.2 Å². The zero-order chi connectivity index (χ0) is 22.7. The number of para-hydroxylation sites is 2. The van der Waals surface area contributed by atoms with Gasteiger partial charge in [0.1, 0.15) is 11.2 Å². The van der Waals surface area contributed by atoms with Crippen LogP contribution in [0.4, 0.5) is 0 Å². The van der Waals surface area contributed by atoms with Crippen LogP contribution in [0, 0.1) is 12.3 Å². The number of hydrogen-bond donors (Lipinski definition) is 0. The van der Waals surface area contributed by atoms with Gasteiger partial charge in [-0.3, -0.25) is 4.98 Å². The predicted octanol–water partition coefficient (Wildman–Crippen LogP) is 7.64. The molecule has 142 valence electrons. The van der Waals surface area contributed by atoms with Crippen molar-refractivity contribution in [3.63, 3.8) is 0 Å². The van der Waals surface area contributed by atoms with Gasteiger partial charge < -0.3 is 4.42 Å². The van der Waals surface area contributed by atoms with E-state index < -0.39 is 12.7 Å². The van der Waals surface area contributed by atoms with Gasteiger partial charge in [0.2, 0.25) is 0 Å². The van der Waals surface area contributed by atoms with Gasteiger partial charge in [0.15, 0.2) is 0 Å². The van der Waals surface area contributed by atoms with Crippen molar-refractivity contribution in [1.29, 1.82) is 0 Å². The van der Waals surface area contributed by atoms with Crippen LogP contribution in [-0.2, 0) is 0 Å². The number of rotatable bonds is 2. The summed E-state index contributed by atoms with van der Waals surface area (Å²) in [4.78, 5) is 4.55. The predicted molar refractivity (Wildman–Crippen MR) is 117 cm³/mol. The second-order valence-corrected chi connectivity index (χ2v) is 8.66. The molecule has 0 aliphatic heterocycles. The summed E-state index contributed by atoms with van der Waals surface area (Å²) >= 11 is 0. The molecule has 0 spiro atoms. The quantitative estimate of drug-likeness (QED) is 0.361. The number of pyridine rings is 1. The van der Waals surface area contributed by atoms with Crippen LogP contribution in [0.1, 0.15) is 62.0 Å². The van der Waals surface area contributed by atoms with E-state index in [9.17, 15) is 1.37 Å². The Morgan fingerprint density at radius 3 is 2.68 bits per heavy atom. The van der Waals surface area contributed by atoms with Gasteiger partial charge in [-0.2, -0.15) is 0 Å². The maximum Gasteiger partial charge on any atom is 0.144 e. The highest BCUT2D eigenvalue weighted by atomic mass is 16.3. The van der Waals surface area contributed by atoms with Crippen LogP contribution in [0.5, 0.6) is 0 Å². The number of furan rings is 1. The van der Waals surface area contributed by atoms with Crippen molar-refractivity contribution in [2.45, 2.75) is 52.3 Å². The van der Waals surface area contributed by atoms with E-state index in [1.54, 1.807) is 0 Å². The van der Waals surface area contributed by atoms with E-state index in [0.29, 0.717) is 24.1 Å². The molecule has 0 amide bonds. The molecule has 0 radical (unpaired) electrons. The topological polar surface area (TPSA) is 26.0 Å². The van der Waals surface area contributed by atoms with Crippen LogP contribution in [0.3, 0.4) is 0 Å². The average Bonchev–Trinajstić information content (AvgIpc) is 3.14. The van der Waals surface area contributed by atoms with Gasteiger partial charge in [-0.25, -0.2) is 0 Å². The van der Waals surface area contributed by atoms with Gasteiger partial charge in [-0.1, -0.05) is 44.2 Å². The molecule has 0 N–H and O–H groups in total. The summed E-state index contributed by atoms with van der Waals surface area (Å²) in [6.45, 7) is 2.13. The van der Waals surface area contributed by atoms with Crippen molar-refractivity contribution in [2.75, 3.05) is 0 Å². The molecule has 0 atom stereocenters. The van der Waals surface area contributed by atoms with Gasteiger partial charge in [-0.05, 0) is 73.2 Å². The van der Waals surface area contributed by atoms with E-state index in [1.807, 2.05) is 48.5 Å². The number of aryl methyl sites for hydroxylation is 1. The van der Waals surface area contributed by atoms with Gasteiger partial charge in [0.25, 0.3) is 0 Å². The Kier molecular flexibility index (Phi) is 3.13. The largest absolute Gasteiger partial charge is 0.455 e. The molecule has 1 aliphatic rings. The number of nitrogens with zero attached hydrogens (tertiary/aromatic N) is 1. The first kappa shape index (κ1) is 13.5. The van der Waals surface area contributed by atoms with Crippen LogP contribution >= 0.6 is 0 Å². The summed E-state index contributed by atoms with van der Waals surface area (Å²) in [5, 5.41) is 2.04. The van der Waals surface area contributed by atoms with Crippen LogP contribution in [-0.4, -0.2) is 4.98 Å². The highest BCUT2D eigenvalue weighted by molar-refractivity contribution is 6.09. The molecule has 2 nitrogen and oxygen atoms in total. The van der Waals surface area contributed by atoms with Crippen molar-refractivity contribution >= 4 is 21.9 Å². The minimum absolute atomic E-state index is 0.181. The lowest BCUT2D eigenvalue weighted by molar-refractivity contribution is 0.224. The number of benzene rings is 2. The summed E-state index contributed by atoms with van der Waals surface area (Å²) in [6, 6.07) is 15.7. The molecule has 0 saturated heterocycles. The maximum atomic E-state index is 9.27. The van der Waals surface area contributed by atoms with Crippen molar-refractivity contribution in [1.82, 2.24) is 4.98 Å². The summed E-state index contributed by atoms with van der Waals surface area (Å²) in [6.07, 6.45) is 4.53. The molecule has 0 bridgehead atoms. The monoisotopic (exact) mass is 373 g/mol. The Morgan fingerprint density at radius 1 is 1.07 bits per heavy atom. The molecule has 1 fully saturated rings. The second-order valence-electron chi connectivity index (χ2n) is 8.66. The van der Waals surface area contributed by atoms with E-state index in [4.69, 9.17) is 8.53 Å². The Balaban J connectivity index is 1.69. The molecule has 4 aromatic rings.